The van der Waals surface area contributed by atoms with Crippen LogP contribution in [0.3, 0.4) is 0 Å². The number of benzene rings is 2. The molecule has 3 nitrogen and oxygen atoms in total. The van der Waals surface area contributed by atoms with Crippen LogP contribution in [0.4, 0.5) is 0 Å². The topological polar surface area (TPSA) is 30.8 Å². The van der Waals surface area contributed by atoms with Gasteiger partial charge in [0.15, 0.2) is 0 Å². The summed E-state index contributed by atoms with van der Waals surface area (Å²) in [5.41, 5.74) is 2.22. The van der Waals surface area contributed by atoms with Crippen molar-refractivity contribution in [2.24, 2.45) is 4.99 Å². The number of ether oxygens (including phenoxy) is 1. The van der Waals surface area contributed by atoms with E-state index in [-0.39, 0.29) is 11.1 Å². The van der Waals surface area contributed by atoms with Gasteiger partial charge in [-0.25, -0.2) is 0 Å². The van der Waals surface area contributed by atoms with Crippen LogP contribution in [-0.2, 0) is 4.74 Å². The summed E-state index contributed by atoms with van der Waals surface area (Å²) in [6.45, 7) is 11.8. The van der Waals surface area contributed by atoms with E-state index < -0.39 is 8.32 Å². The molecule has 0 saturated carbocycles. The van der Waals surface area contributed by atoms with Gasteiger partial charge in [-0.05, 0) is 53.5 Å². The molecule has 0 N–H and O–H groups in total. The molecule has 1 atom stereocenters. The lowest BCUT2D eigenvalue weighted by Gasteiger charge is -2.36. The first kappa shape index (κ1) is 20.4. The highest BCUT2D eigenvalue weighted by atomic mass is 28.4. The van der Waals surface area contributed by atoms with Gasteiger partial charge in [-0.15, -0.1) is 0 Å². The molecule has 140 valence electrons. The Bertz CT molecular complexity index is 703. The van der Waals surface area contributed by atoms with Crippen molar-refractivity contribution >= 4 is 14.5 Å². The summed E-state index contributed by atoms with van der Waals surface area (Å²) in [7, 11) is -0.0977. The molecule has 0 bridgehead atoms. The number of hydrogen-bond acceptors (Lipinski definition) is 3. The third kappa shape index (κ3) is 5.54. The van der Waals surface area contributed by atoms with Crippen LogP contribution in [0.2, 0.25) is 18.1 Å². The van der Waals surface area contributed by atoms with E-state index in [2.05, 4.69) is 58.1 Å². The zero-order valence-electron chi connectivity index (χ0n) is 16.8. The van der Waals surface area contributed by atoms with E-state index >= 15 is 0 Å². The van der Waals surface area contributed by atoms with Crippen LogP contribution in [0.25, 0.3) is 0 Å². The fourth-order valence-electron chi connectivity index (χ4n) is 2.30. The maximum Gasteiger partial charge on any atom is 0.250 e. The molecule has 2 aromatic carbocycles. The van der Waals surface area contributed by atoms with Gasteiger partial charge in [0.2, 0.25) is 8.32 Å². The summed E-state index contributed by atoms with van der Waals surface area (Å²) in [5, 5.41) is 0.191. The summed E-state index contributed by atoms with van der Waals surface area (Å²) in [5.74, 6) is 0.935. The number of methoxy groups -OCH3 is 1. The number of aliphatic imine (C=N–C) groups is 1. The molecular weight excluding hydrogens is 338 g/mol. The highest BCUT2D eigenvalue weighted by Crippen LogP contribution is 2.37. The fraction of sp³-hybridized carbons (Fsp3) is 0.409. The van der Waals surface area contributed by atoms with E-state index in [1.165, 1.54) is 0 Å². The lowest BCUT2D eigenvalue weighted by atomic mass is 10.1. The van der Waals surface area contributed by atoms with Gasteiger partial charge >= 0.3 is 0 Å². The molecule has 0 unspecified atom stereocenters. The first-order valence-electron chi connectivity index (χ1n) is 9.09. The van der Waals surface area contributed by atoms with E-state index in [1.807, 2.05) is 36.5 Å². The average Bonchev–Trinajstić information content (AvgIpc) is 2.59. The zero-order chi connectivity index (χ0) is 19.2. The normalized spacial score (nSPS) is 13.8. The van der Waals surface area contributed by atoms with Gasteiger partial charge in [0.25, 0.3) is 0 Å². The molecule has 0 amide bonds. The van der Waals surface area contributed by atoms with Gasteiger partial charge in [-0.2, -0.15) is 0 Å². The minimum atomic E-state index is -1.80. The van der Waals surface area contributed by atoms with Crippen molar-refractivity contribution in [3.63, 3.8) is 0 Å². The minimum absolute atomic E-state index is 0.00404. The predicted octanol–water partition coefficient (Wildman–Crippen LogP) is 5.88. The van der Waals surface area contributed by atoms with Gasteiger partial charge in [0.1, 0.15) is 5.75 Å². The SMILES string of the molecule is COC[C@H](N=Cc1ccc(O[Si](C)(C)C(C)(C)C)cc1)c1ccccc1. The second-order valence-electron chi connectivity index (χ2n) is 8.09. The standard InChI is InChI=1S/C22H31NO2Si/c1-22(2,3)26(5,6)25-20-14-12-18(13-15-20)16-23-21(17-24-4)19-10-8-7-9-11-19/h7-16,21H,17H2,1-6H3/t21-/m0/s1. The molecule has 0 saturated heterocycles. The Morgan fingerprint density at radius 1 is 1.00 bits per heavy atom. The minimum Gasteiger partial charge on any atom is -0.544 e. The molecule has 0 aromatic heterocycles. The average molecular weight is 370 g/mol. The van der Waals surface area contributed by atoms with Gasteiger partial charge < -0.3 is 9.16 Å². The summed E-state index contributed by atoms with van der Waals surface area (Å²) in [4.78, 5) is 4.72. The quantitative estimate of drug-likeness (QED) is 0.451. The molecular formula is C22H31NO2Si. The monoisotopic (exact) mass is 369 g/mol. The molecule has 0 radical (unpaired) electrons. The third-order valence-electron chi connectivity index (χ3n) is 4.97. The predicted molar refractivity (Wildman–Crippen MR) is 113 cm³/mol. The van der Waals surface area contributed by atoms with Crippen molar-refractivity contribution in [1.29, 1.82) is 0 Å². The summed E-state index contributed by atoms with van der Waals surface area (Å²) >= 11 is 0. The summed E-state index contributed by atoms with van der Waals surface area (Å²) < 4.78 is 11.7. The Kier molecular flexibility index (Phi) is 6.79. The largest absolute Gasteiger partial charge is 0.544 e. The Balaban J connectivity index is 2.09. The van der Waals surface area contributed by atoms with E-state index in [9.17, 15) is 0 Å². The van der Waals surface area contributed by atoms with Crippen molar-refractivity contribution < 1.29 is 9.16 Å². The van der Waals surface area contributed by atoms with E-state index in [4.69, 9.17) is 14.2 Å². The maximum absolute atomic E-state index is 6.33. The van der Waals surface area contributed by atoms with Crippen molar-refractivity contribution in [2.45, 2.75) is 44.9 Å². The molecule has 2 rings (SSSR count). The van der Waals surface area contributed by atoms with E-state index in [0.717, 1.165) is 16.9 Å². The van der Waals surface area contributed by atoms with Crippen LogP contribution in [0, 0.1) is 0 Å². The Labute approximate surface area is 159 Å². The first-order chi connectivity index (χ1) is 12.2. The lowest BCUT2D eigenvalue weighted by molar-refractivity contribution is 0.182. The molecule has 4 heteroatoms. The summed E-state index contributed by atoms with van der Waals surface area (Å²) in [6, 6.07) is 18.4. The first-order valence-corrected chi connectivity index (χ1v) is 12.0. The van der Waals surface area contributed by atoms with Crippen molar-refractivity contribution in [2.75, 3.05) is 13.7 Å². The Morgan fingerprint density at radius 2 is 1.62 bits per heavy atom. The molecule has 0 aliphatic carbocycles. The number of rotatable bonds is 7. The van der Waals surface area contributed by atoms with Crippen LogP contribution in [-0.4, -0.2) is 28.2 Å². The van der Waals surface area contributed by atoms with Gasteiger partial charge in [0, 0.05) is 13.3 Å². The second-order valence-corrected chi connectivity index (χ2v) is 12.8. The van der Waals surface area contributed by atoms with E-state index in [0.29, 0.717) is 6.61 Å². The van der Waals surface area contributed by atoms with Crippen molar-refractivity contribution in [1.82, 2.24) is 0 Å². The van der Waals surface area contributed by atoms with Crippen LogP contribution in [0.5, 0.6) is 5.75 Å². The molecule has 26 heavy (non-hydrogen) atoms. The Hall–Kier alpha value is -1.91. The lowest BCUT2D eigenvalue weighted by Crippen LogP contribution is -2.43. The highest BCUT2D eigenvalue weighted by molar-refractivity contribution is 6.74. The Morgan fingerprint density at radius 3 is 2.15 bits per heavy atom. The molecule has 0 heterocycles. The van der Waals surface area contributed by atoms with Crippen LogP contribution in [0.1, 0.15) is 37.9 Å². The van der Waals surface area contributed by atoms with Crippen molar-refractivity contribution in [3.05, 3.63) is 65.7 Å². The molecule has 0 fully saturated rings. The zero-order valence-corrected chi connectivity index (χ0v) is 17.8. The summed E-state index contributed by atoms with van der Waals surface area (Å²) in [6.07, 6.45) is 1.91. The van der Waals surface area contributed by atoms with Gasteiger partial charge in [0.05, 0.1) is 12.6 Å². The maximum atomic E-state index is 6.33. The number of hydrogen-bond donors (Lipinski definition) is 0. The van der Waals surface area contributed by atoms with Crippen LogP contribution < -0.4 is 4.43 Å². The smallest absolute Gasteiger partial charge is 0.250 e. The van der Waals surface area contributed by atoms with Crippen molar-refractivity contribution in [3.8, 4) is 5.75 Å². The number of nitrogens with zero attached hydrogens (tertiary/aromatic N) is 1. The van der Waals surface area contributed by atoms with Crippen LogP contribution >= 0.6 is 0 Å². The van der Waals surface area contributed by atoms with Crippen LogP contribution in [0.15, 0.2) is 59.6 Å². The van der Waals surface area contributed by atoms with Gasteiger partial charge in [-0.1, -0.05) is 51.1 Å². The molecule has 0 aliphatic rings. The second kappa shape index (κ2) is 8.65. The molecule has 2 aromatic rings. The fourth-order valence-corrected chi connectivity index (χ4v) is 3.34. The third-order valence-corrected chi connectivity index (χ3v) is 9.33. The van der Waals surface area contributed by atoms with Gasteiger partial charge in [-0.3, -0.25) is 4.99 Å². The highest BCUT2D eigenvalue weighted by Gasteiger charge is 2.38. The molecule has 0 spiro atoms. The van der Waals surface area contributed by atoms with E-state index in [1.54, 1.807) is 7.11 Å². The molecule has 0 aliphatic heterocycles.